The molecule has 9 nitrogen and oxygen atoms in total. The fourth-order valence-electron chi connectivity index (χ4n) is 1.34. The molecule has 3 N–H and O–H groups in total. The molecule has 0 aliphatic rings. The normalized spacial score (nSPS) is 10.2. The van der Waals surface area contributed by atoms with Crippen molar-refractivity contribution in [1.29, 1.82) is 0 Å². The number of nitrogens with one attached hydrogen (secondary N) is 1. The fourth-order valence-corrected chi connectivity index (χ4v) is 1.34. The van der Waals surface area contributed by atoms with Crippen LogP contribution in [-0.4, -0.2) is 39.7 Å². The van der Waals surface area contributed by atoms with Crippen LogP contribution in [0.25, 0.3) is 0 Å². The summed E-state index contributed by atoms with van der Waals surface area (Å²) in [5, 5.41) is 11.4. The third-order valence-electron chi connectivity index (χ3n) is 2.27. The molecule has 11 heteroatoms. The molecule has 1 heterocycles. The third-order valence-corrected chi connectivity index (χ3v) is 2.27. The van der Waals surface area contributed by atoms with E-state index in [0.29, 0.717) is 16.9 Å². The van der Waals surface area contributed by atoms with Crippen LogP contribution in [-0.2, 0) is 27.5 Å². The third kappa shape index (κ3) is 9.66. The van der Waals surface area contributed by atoms with Gasteiger partial charge < -0.3 is 14.2 Å². The first-order chi connectivity index (χ1) is 10.8. The van der Waals surface area contributed by atoms with E-state index in [2.05, 4.69) is 15.5 Å². The quantitative estimate of drug-likeness (QED) is 0.192. The zero-order chi connectivity index (χ0) is 17.3. The van der Waals surface area contributed by atoms with E-state index in [4.69, 9.17) is 22.6 Å². The largest absolute Gasteiger partial charge is 2.00 e. The van der Waals surface area contributed by atoms with E-state index in [9.17, 15) is 4.79 Å². The number of amides is 1. The summed E-state index contributed by atoms with van der Waals surface area (Å²) < 4.78 is 34.1. The molecule has 24 heavy (non-hydrogen) atoms. The Kier molecular flexibility index (Phi) is 9.47. The number of carbonyl (C=O) groups excluding carboxylic acids is 1. The van der Waals surface area contributed by atoms with Crippen LogP contribution in [0.4, 0.5) is 0 Å². The van der Waals surface area contributed by atoms with Gasteiger partial charge in [-0.3, -0.25) is 18.2 Å². The van der Waals surface area contributed by atoms with E-state index in [-0.39, 0.29) is 23.0 Å². The Hall–Kier alpha value is -2.30. The molecule has 0 atom stereocenters. The second-order valence-corrected chi connectivity index (χ2v) is 4.75. The van der Waals surface area contributed by atoms with Crippen molar-refractivity contribution < 1.29 is 44.5 Å². The Morgan fingerprint density at radius 1 is 1.17 bits per heavy atom. The van der Waals surface area contributed by atoms with Gasteiger partial charge in [-0.1, -0.05) is 12.1 Å². The van der Waals surface area contributed by atoms with Gasteiger partial charge in [-0.25, -0.2) is 5.43 Å². The molecule has 1 aromatic carbocycles. The average molecular weight is 394 g/mol. The first-order valence-corrected chi connectivity index (χ1v) is 7.31. The second kappa shape index (κ2) is 10.5. The van der Waals surface area contributed by atoms with Crippen LogP contribution in [0.15, 0.2) is 53.9 Å². The summed E-state index contributed by atoms with van der Waals surface area (Å²) in [6.07, 6.45) is 4.52. The number of hydrogen-bond donors (Lipinski definition) is 1. The van der Waals surface area contributed by atoms with E-state index in [1.807, 2.05) is 6.07 Å². The molecular weight excluding hydrogens is 382 g/mol. The van der Waals surface area contributed by atoms with Crippen molar-refractivity contribution in [2.45, 2.75) is 0 Å². The van der Waals surface area contributed by atoms with Crippen molar-refractivity contribution in [2.75, 3.05) is 0 Å². The first-order valence-electron chi connectivity index (χ1n) is 5.98. The van der Waals surface area contributed by atoms with Crippen molar-refractivity contribution >= 4 is 22.5 Å². The number of nitrogens with zero attached hydrogens (tertiary/aromatic N) is 2. The molecule has 0 radical (unpaired) electrons. The molecule has 0 aliphatic carbocycles. The number of pyridine rings is 1. The predicted molar refractivity (Wildman–Crippen MR) is 79.3 cm³/mol. The molecule has 128 valence electrons. The minimum absolute atomic E-state index is 0. The van der Waals surface area contributed by atoms with Crippen molar-refractivity contribution in [2.24, 2.45) is 5.10 Å². The van der Waals surface area contributed by atoms with Gasteiger partial charge in [0, 0.05) is 34.4 Å². The maximum atomic E-state index is 11.6. The van der Waals surface area contributed by atoms with E-state index < -0.39 is 10.4 Å². The first kappa shape index (κ1) is 21.7. The van der Waals surface area contributed by atoms with Gasteiger partial charge in [0.2, 0.25) is 0 Å². The molecule has 0 fully saturated rings. The number of aromatic nitrogens is 1. The van der Waals surface area contributed by atoms with Crippen molar-refractivity contribution in [1.82, 2.24) is 10.4 Å². The van der Waals surface area contributed by atoms with Crippen LogP contribution in [0, 0.1) is 0 Å². The monoisotopic (exact) mass is 394 g/mol. The number of benzene rings is 1. The van der Waals surface area contributed by atoms with Crippen LogP contribution >= 0.6 is 0 Å². The van der Waals surface area contributed by atoms with E-state index in [1.54, 1.807) is 30.3 Å². The van der Waals surface area contributed by atoms with Gasteiger partial charge >= 0.3 is 17.1 Å². The molecule has 1 amide bonds. The molecule has 0 aliphatic heterocycles. The second-order valence-electron chi connectivity index (χ2n) is 3.93. The Labute approximate surface area is 148 Å². The Balaban J connectivity index is 0.000000777. The predicted octanol–water partition coefficient (Wildman–Crippen LogP) is -0.0571. The van der Waals surface area contributed by atoms with Crippen LogP contribution in [0.1, 0.15) is 15.9 Å². The van der Waals surface area contributed by atoms with Gasteiger partial charge in [0.25, 0.3) is 11.7 Å². The summed E-state index contributed by atoms with van der Waals surface area (Å²) in [5.74, 6) is 0.0514. The molecule has 0 saturated heterocycles. The number of carbonyl (C=O) groups is 1. The fraction of sp³-hybridized carbons (Fsp3) is 0. The minimum atomic E-state index is -5.17. The maximum Gasteiger partial charge on any atom is 2.00 e. The van der Waals surface area contributed by atoms with Crippen LogP contribution in [0.5, 0.6) is 5.75 Å². The average Bonchev–Trinajstić information content (AvgIpc) is 2.48. The molecule has 0 saturated carbocycles. The van der Waals surface area contributed by atoms with Gasteiger partial charge in [0.05, 0.1) is 11.8 Å². The van der Waals surface area contributed by atoms with Gasteiger partial charge in [-0.05, 0) is 18.2 Å². The van der Waals surface area contributed by atoms with Crippen molar-refractivity contribution in [3.8, 4) is 5.75 Å². The number of hydrazone groups is 1. The summed E-state index contributed by atoms with van der Waals surface area (Å²) in [4.78, 5) is 15.4. The van der Waals surface area contributed by atoms with Gasteiger partial charge in [-0.2, -0.15) is 5.10 Å². The van der Waals surface area contributed by atoms with Gasteiger partial charge in [0.15, 0.2) is 0 Å². The van der Waals surface area contributed by atoms with E-state index in [1.165, 1.54) is 18.6 Å². The summed E-state index contributed by atoms with van der Waals surface area (Å²) in [6, 6.07) is 10.2. The Morgan fingerprint density at radius 3 is 2.25 bits per heavy atom. The van der Waals surface area contributed by atoms with E-state index >= 15 is 0 Å². The topological polar surface area (TPSA) is 158 Å². The molecule has 0 unspecified atom stereocenters. The van der Waals surface area contributed by atoms with Gasteiger partial charge in [0.1, 0.15) is 0 Å². The minimum Gasteiger partial charge on any atom is -0.759 e. The maximum absolute atomic E-state index is 11.6. The summed E-state index contributed by atoms with van der Waals surface area (Å²) >= 11 is 0. The van der Waals surface area contributed by atoms with Gasteiger partial charge in [-0.15, -0.1) is 0 Å². The Bertz CT molecular complexity index is 775. The number of para-hydroxylation sites is 1. The van der Waals surface area contributed by atoms with Crippen molar-refractivity contribution in [3.63, 3.8) is 0 Å². The zero-order valence-corrected chi connectivity index (χ0v) is 13.8. The van der Waals surface area contributed by atoms with Crippen molar-refractivity contribution in [3.05, 3.63) is 59.9 Å². The van der Waals surface area contributed by atoms with Crippen LogP contribution < -0.4 is 5.43 Å². The molecular formula is C13H12FeN3O6S+. The molecule has 0 bridgehead atoms. The molecule has 2 rings (SSSR count). The van der Waals surface area contributed by atoms with Crippen LogP contribution in [0.3, 0.4) is 0 Å². The van der Waals surface area contributed by atoms with E-state index in [0.717, 1.165) is 0 Å². The summed E-state index contributed by atoms with van der Waals surface area (Å²) in [5.41, 5.74) is 3.53. The molecule has 0 spiro atoms. The van der Waals surface area contributed by atoms with Crippen LogP contribution in [0.2, 0.25) is 0 Å². The SMILES string of the molecule is O=C(N/N=C/c1ccccc1[OH2+])c1ccncc1.O=S(=O)([O-])[O-].[Fe+2]. The number of rotatable bonds is 3. The standard InChI is InChI=1S/C13H11N3O2.Fe.H2O4S/c17-12-4-2-1-3-11(12)9-15-16-13(18)10-5-7-14-8-6-10;;1-5(2,3)4/h1-9,17H,(H,16,18);;(H2,1,2,3,4)/q;+2;/p-1/b15-9+;;. The number of hydrogen-bond acceptors (Lipinski definition) is 7. The molecule has 2 aromatic rings. The zero-order valence-electron chi connectivity index (χ0n) is 11.9. The smallest absolute Gasteiger partial charge is 0.759 e. The Morgan fingerprint density at radius 2 is 1.71 bits per heavy atom. The summed E-state index contributed by atoms with van der Waals surface area (Å²) in [7, 11) is -5.17. The summed E-state index contributed by atoms with van der Waals surface area (Å²) in [6.45, 7) is 0. The molecule has 1 aromatic heterocycles.